The summed E-state index contributed by atoms with van der Waals surface area (Å²) in [5.41, 5.74) is 2.18. The van der Waals surface area contributed by atoms with E-state index in [0.717, 1.165) is 11.1 Å². The minimum atomic E-state index is -0.226. The summed E-state index contributed by atoms with van der Waals surface area (Å²) in [6.07, 6.45) is 0.360. The fraction of sp³-hybridized carbons (Fsp3) is 0.294. The van der Waals surface area contributed by atoms with Gasteiger partial charge < -0.3 is 15.5 Å². The van der Waals surface area contributed by atoms with Crippen LogP contribution in [0, 0.1) is 0 Å². The highest BCUT2D eigenvalue weighted by Crippen LogP contribution is 2.15. The smallest absolute Gasteiger partial charge is 0.315 e. The van der Waals surface area contributed by atoms with Gasteiger partial charge in [-0.25, -0.2) is 4.79 Å². The first-order chi connectivity index (χ1) is 11.2. The summed E-state index contributed by atoms with van der Waals surface area (Å²) >= 11 is 1.60. The predicted molar refractivity (Wildman–Crippen MR) is 90.0 cm³/mol. The number of hydrogen-bond donors (Lipinski definition) is 2. The van der Waals surface area contributed by atoms with Gasteiger partial charge in [-0.05, 0) is 28.0 Å². The summed E-state index contributed by atoms with van der Waals surface area (Å²) < 4.78 is 0. The molecule has 1 aliphatic heterocycles. The SMILES string of the molecule is O=C(NCc1ccsc1)N[C@@H]1CC(=O)N(Cc2ccccc2)C1. The van der Waals surface area contributed by atoms with Crippen molar-refractivity contribution in [2.75, 3.05) is 6.54 Å². The lowest BCUT2D eigenvalue weighted by molar-refractivity contribution is -0.128. The summed E-state index contributed by atoms with van der Waals surface area (Å²) in [4.78, 5) is 25.8. The molecule has 0 bridgehead atoms. The predicted octanol–water partition coefficient (Wildman–Crippen LogP) is 2.35. The number of benzene rings is 1. The summed E-state index contributed by atoms with van der Waals surface area (Å²) in [5.74, 6) is 0.0805. The van der Waals surface area contributed by atoms with Crippen molar-refractivity contribution in [1.82, 2.24) is 15.5 Å². The zero-order valence-electron chi connectivity index (χ0n) is 12.7. The van der Waals surface area contributed by atoms with Crippen molar-refractivity contribution in [2.45, 2.75) is 25.6 Å². The molecule has 0 saturated carbocycles. The highest BCUT2D eigenvalue weighted by molar-refractivity contribution is 7.07. The van der Waals surface area contributed by atoms with Crippen LogP contribution in [0.3, 0.4) is 0 Å². The quantitative estimate of drug-likeness (QED) is 0.884. The van der Waals surface area contributed by atoms with Crippen molar-refractivity contribution in [3.8, 4) is 0 Å². The molecule has 0 aliphatic carbocycles. The lowest BCUT2D eigenvalue weighted by atomic mass is 10.2. The minimum absolute atomic E-state index is 0.0805. The van der Waals surface area contributed by atoms with E-state index >= 15 is 0 Å². The van der Waals surface area contributed by atoms with Gasteiger partial charge in [0.2, 0.25) is 5.91 Å². The Balaban J connectivity index is 1.46. The molecule has 6 heteroatoms. The average Bonchev–Trinajstić information content (AvgIpc) is 3.17. The monoisotopic (exact) mass is 329 g/mol. The summed E-state index contributed by atoms with van der Waals surface area (Å²) in [6, 6.07) is 11.5. The Hall–Kier alpha value is -2.34. The molecule has 23 heavy (non-hydrogen) atoms. The number of carbonyl (C=O) groups is 2. The minimum Gasteiger partial charge on any atom is -0.336 e. The second kappa shape index (κ2) is 7.28. The number of likely N-dealkylation sites (tertiary alicyclic amines) is 1. The number of nitrogens with zero attached hydrogens (tertiary/aromatic N) is 1. The zero-order chi connectivity index (χ0) is 16.1. The molecule has 1 saturated heterocycles. The van der Waals surface area contributed by atoms with Gasteiger partial charge >= 0.3 is 6.03 Å². The summed E-state index contributed by atoms with van der Waals surface area (Å²) in [7, 11) is 0. The molecule has 120 valence electrons. The summed E-state index contributed by atoms with van der Waals surface area (Å²) in [6.45, 7) is 1.65. The molecule has 1 aromatic heterocycles. The molecule has 5 nitrogen and oxygen atoms in total. The van der Waals surface area contributed by atoms with Crippen LogP contribution >= 0.6 is 11.3 Å². The fourth-order valence-electron chi connectivity index (χ4n) is 2.64. The molecule has 0 unspecified atom stereocenters. The van der Waals surface area contributed by atoms with E-state index in [1.54, 1.807) is 16.2 Å². The van der Waals surface area contributed by atoms with Crippen LogP contribution in [0.25, 0.3) is 0 Å². The van der Waals surface area contributed by atoms with E-state index < -0.39 is 0 Å². The normalized spacial score (nSPS) is 17.3. The lowest BCUT2D eigenvalue weighted by Gasteiger charge is -2.17. The molecule has 2 aromatic rings. The van der Waals surface area contributed by atoms with Gasteiger partial charge in [-0.2, -0.15) is 11.3 Å². The van der Waals surface area contributed by atoms with Crippen LogP contribution < -0.4 is 10.6 Å². The van der Waals surface area contributed by atoms with E-state index in [1.165, 1.54) is 0 Å². The average molecular weight is 329 g/mol. The van der Waals surface area contributed by atoms with Crippen molar-refractivity contribution < 1.29 is 9.59 Å². The highest BCUT2D eigenvalue weighted by Gasteiger charge is 2.30. The van der Waals surface area contributed by atoms with E-state index in [0.29, 0.717) is 26.1 Å². The standard InChI is InChI=1S/C17H19N3O2S/c21-16-8-15(11-20(16)10-13-4-2-1-3-5-13)19-17(22)18-9-14-6-7-23-12-14/h1-7,12,15H,8-11H2,(H2,18,19,22)/t15-/m1/s1. The highest BCUT2D eigenvalue weighted by atomic mass is 32.1. The van der Waals surface area contributed by atoms with E-state index in [-0.39, 0.29) is 18.0 Å². The number of thiophene rings is 1. The van der Waals surface area contributed by atoms with Crippen molar-refractivity contribution in [2.24, 2.45) is 0 Å². The fourth-order valence-corrected chi connectivity index (χ4v) is 3.31. The lowest BCUT2D eigenvalue weighted by Crippen LogP contribution is -2.42. The largest absolute Gasteiger partial charge is 0.336 e. The molecule has 0 spiro atoms. The Kier molecular flexibility index (Phi) is 4.92. The molecule has 1 atom stereocenters. The van der Waals surface area contributed by atoms with E-state index in [9.17, 15) is 9.59 Å². The van der Waals surface area contributed by atoms with Crippen LogP contribution in [0.1, 0.15) is 17.5 Å². The van der Waals surface area contributed by atoms with E-state index in [4.69, 9.17) is 0 Å². The molecule has 1 fully saturated rings. The van der Waals surface area contributed by atoms with Crippen molar-refractivity contribution in [3.63, 3.8) is 0 Å². The summed E-state index contributed by atoms with van der Waals surface area (Å²) in [5, 5.41) is 9.68. The van der Waals surface area contributed by atoms with Gasteiger partial charge in [-0.3, -0.25) is 4.79 Å². The van der Waals surface area contributed by atoms with Gasteiger partial charge in [0.25, 0.3) is 0 Å². The number of urea groups is 1. The first-order valence-corrected chi connectivity index (χ1v) is 8.52. The molecule has 1 aliphatic rings. The first-order valence-electron chi connectivity index (χ1n) is 7.58. The Morgan fingerprint density at radius 1 is 1.22 bits per heavy atom. The van der Waals surface area contributed by atoms with Crippen LogP contribution in [-0.2, 0) is 17.9 Å². The van der Waals surface area contributed by atoms with Crippen LogP contribution in [0.5, 0.6) is 0 Å². The van der Waals surface area contributed by atoms with Crippen molar-refractivity contribution in [1.29, 1.82) is 0 Å². The van der Waals surface area contributed by atoms with Crippen LogP contribution in [0.4, 0.5) is 4.79 Å². The molecule has 3 rings (SSSR count). The number of rotatable bonds is 5. The Morgan fingerprint density at radius 3 is 2.78 bits per heavy atom. The van der Waals surface area contributed by atoms with Crippen molar-refractivity contribution >= 4 is 23.3 Å². The molecule has 1 aromatic carbocycles. The molecular formula is C17H19N3O2S. The topological polar surface area (TPSA) is 61.4 Å². The maximum Gasteiger partial charge on any atom is 0.315 e. The number of amides is 3. The molecular weight excluding hydrogens is 310 g/mol. The van der Waals surface area contributed by atoms with Gasteiger partial charge in [-0.15, -0.1) is 0 Å². The molecule has 2 heterocycles. The molecule has 0 radical (unpaired) electrons. The van der Waals surface area contributed by atoms with Crippen LogP contribution in [0.2, 0.25) is 0 Å². The number of nitrogens with one attached hydrogen (secondary N) is 2. The Labute approximate surface area is 139 Å². The third-order valence-electron chi connectivity index (χ3n) is 3.80. The van der Waals surface area contributed by atoms with Gasteiger partial charge in [0.1, 0.15) is 0 Å². The maximum absolute atomic E-state index is 12.1. The third-order valence-corrected chi connectivity index (χ3v) is 4.53. The maximum atomic E-state index is 12.1. The van der Waals surface area contributed by atoms with E-state index in [2.05, 4.69) is 10.6 Å². The van der Waals surface area contributed by atoms with Gasteiger partial charge in [0, 0.05) is 26.1 Å². The van der Waals surface area contributed by atoms with E-state index in [1.807, 2.05) is 47.2 Å². The molecule has 3 amide bonds. The number of carbonyl (C=O) groups excluding carboxylic acids is 2. The first kappa shape index (κ1) is 15.6. The van der Waals surface area contributed by atoms with Gasteiger partial charge in [0.05, 0.1) is 6.04 Å². The van der Waals surface area contributed by atoms with Gasteiger partial charge in [0.15, 0.2) is 0 Å². The second-order valence-electron chi connectivity index (χ2n) is 5.62. The number of hydrogen-bond acceptors (Lipinski definition) is 3. The molecule has 2 N–H and O–H groups in total. The third kappa shape index (κ3) is 4.32. The zero-order valence-corrected chi connectivity index (χ0v) is 13.5. The second-order valence-corrected chi connectivity index (χ2v) is 6.40. The van der Waals surface area contributed by atoms with Crippen LogP contribution in [-0.4, -0.2) is 29.4 Å². The Morgan fingerprint density at radius 2 is 2.04 bits per heavy atom. The van der Waals surface area contributed by atoms with Gasteiger partial charge in [-0.1, -0.05) is 30.3 Å². The van der Waals surface area contributed by atoms with Crippen molar-refractivity contribution in [3.05, 3.63) is 58.3 Å². The Bertz CT molecular complexity index is 658. The van der Waals surface area contributed by atoms with Crippen LogP contribution in [0.15, 0.2) is 47.2 Å².